The number of alkyl halides is 1. The van der Waals surface area contributed by atoms with E-state index in [4.69, 9.17) is 0 Å². The lowest BCUT2D eigenvalue weighted by molar-refractivity contribution is 0.107. The van der Waals surface area contributed by atoms with Crippen molar-refractivity contribution in [1.82, 2.24) is 30.3 Å². The summed E-state index contributed by atoms with van der Waals surface area (Å²) in [4.78, 5) is 18.4. The Balaban J connectivity index is 1.43. The molecular weight excluding hydrogens is 401 g/mol. The van der Waals surface area contributed by atoms with Crippen molar-refractivity contribution >= 4 is 16.6 Å². The van der Waals surface area contributed by atoms with E-state index in [-0.39, 0.29) is 29.2 Å². The second kappa shape index (κ2) is 7.52. The van der Waals surface area contributed by atoms with Crippen molar-refractivity contribution in [1.29, 1.82) is 0 Å². The highest BCUT2D eigenvalue weighted by molar-refractivity contribution is 5.88. The first-order valence-corrected chi connectivity index (χ1v) is 10.4. The van der Waals surface area contributed by atoms with Gasteiger partial charge in [0.25, 0.3) is 5.56 Å². The lowest BCUT2D eigenvalue weighted by Gasteiger charge is -2.45. The number of anilines is 1. The maximum Gasteiger partial charge on any atom is 0.274 e. The summed E-state index contributed by atoms with van der Waals surface area (Å²) in [6.45, 7) is 0. The topological polar surface area (TPSA) is 109 Å². The van der Waals surface area contributed by atoms with Gasteiger partial charge in [-0.15, -0.1) is 10.2 Å². The second-order valence-electron chi connectivity index (χ2n) is 8.43. The van der Waals surface area contributed by atoms with Crippen LogP contribution in [0.15, 0.2) is 29.3 Å². The summed E-state index contributed by atoms with van der Waals surface area (Å²) in [5.41, 5.74) is 0.0481. The van der Waals surface area contributed by atoms with Gasteiger partial charge in [0.15, 0.2) is 11.6 Å². The fourth-order valence-electron chi connectivity index (χ4n) is 4.73. The third-order valence-electron chi connectivity index (χ3n) is 6.51. The van der Waals surface area contributed by atoms with E-state index in [9.17, 15) is 9.90 Å². The average Bonchev–Trinajstić information content (AvgIpc) is 2.79. The fourth-order valence-corrected chi connectivity index (χ4v) is 4.73. The van der Waals surface area contributed by atoms with Crippen LogP contribution in [-0.2, 0) is 7.05 Å². The molecule has 162 valence electrons. The molecule has 2 aromatic heterocycles. The normalized spacial score (nSPS) is 25.5. The van der Waals surface area contributed by atoms with Crippen LogP contribution in [0, 0.1) is 0 Å². The molecule has 0 saturated carbocycles. The Hall–Kier alpha value is -3.14. The van der Waals surface area contributed by atoms with Gasteiger partial charge in [-0.3, -0.25) is 4.79 Å². The van der Waals surface area contributed by atoms with Crippen LogP contribution in [0.5, 0.6) is 5.75 Å². The minimum Gasteiger partial charge on any atom is -0.507 e. The van der Waals surface area contributed by atoms with Crippen molar-refractivity contribution in [3.63, 3.8) is 0 Å². The van der Waals surface area contributed by atoms with Gasteiger partial charge in [0, 0.05) is 31.6 Å². The molecule has 2 aliphatic heterocycles. The molecule has 0 amide bonds. The number of benzene rings is 1. The molecule has 9 nitrogen and oxygen atoms in total. The predicted octanol–water partition coefficient (Wildman–Crippen LogP) is 1.55. The van der Waals surface area contributed by atoms with Crippen LogP contribution in [-0.4, -0.2) is 61.4 Å². The molecule has 0 radical (unpaired) electrons. The molecule has 2 unspecified atom stereocenters. The minimum atomic E-state index is -0.984. The summed E-state index contributed by atoms with van der Waals surface area (Å²) in [6.07, 6.45) is 5.79. The largest absolute Gasteiger partial charge is 0.507 e. The molecule has 1 aromatic carbocycles. The van der Waals surface area contributed by atoms with E-state index in [1.54, 1.807) is 25.5 Å². The van der Waals surface area contributed by atoms with Crippen LogP contribution in [0.3, 0.4) is 0 Å². The van der Waals surface area contributed by atoms with Gasteiger partial charge in [0.1, 0.15) is 11.9 Å². The van der Waals surface area contributed by atoms with Crippen LogP contribution in [0.4, 0.5) is 10.2 Å². The van der Waals surface area contributed by atoms with Crippen molar-refractivity contribution in [3.8, 4) is 17.1 Å². The lowest BCUT2D eigenvalue weighted by atomic mass is 9.82. The summed E-state index contributed by atoms with van der Waals surface area (Å²) in [5, 5.41) is 27.2. The number of rotatable bonds is 3. The van der Waals surface area contributed by atoms with Gasteiger partial charge in [0.05, 0.1) is 29.4 Å². The van der Waals surface area contributed by atoms with Crippen molar-refractivity contribution in [2.24, 2.45) is 7.05 Å². The van der Waals surface area contributed by atoms with E-state index < -0.39 is 6.17 Å². The summed E-state index contributed by atoms with van der Waals surface area (Å²) >= 11 is 0. The van der Waals surface area contributed by atoms with Gasteiger partial charge in [0.2, 0.25) is 0 Å². The van der Waals surface area contributed by atoms with Crippen molar-refractivity contribution in [3.05, 3.63) is 34.9 Å². The number of hydrogen-bond donors (Lipinski definition) is 2. The highest BCUT2D eigenvalue weighted by Crippen LogP contribution is 2.33. The monoisotopic (exact) mass is 425 g/mol. The Morgan fingerprint density at radius 1 is 1.26 bits per heavy atom. The zero-order valence-electron chi connectivity index (χ0n) is 17.4. The minimum absolute atomic E-state index is 0.115. The number of aryl methyl sites for hydroxylation is 1. The first-order chi connectivity index (χ1) is 14.9. The van der Waals surface area contributed by atoms with Crippen LogP contribution in [0.2, 0.25) is 0 Å². The van der Waals surface area contributed by atoms with Crippen LogP contribution >= 0.6 is 0 Å². The first kappa shape index (κ1) is 19.8. The van der Waals surface area contributed by atoms with Crippen LogP contribution < -0.4 is 15.8 Å². The lowest BCUT2D eigenvalue weighted by Crippen LogP contribution is -2.61. The van der Waals surface area contributed by atoms with Crippen LogP contribution in [0.1, 0.15) is 25.7 Å². The van der Waals surface area contributed by atoms with Crippen molar-refractivity contribution in [2.75, 3.05) is 11.9 Å². The molecule has 10 heteroatoms. The number of phenols is 1. The number of nitrogens with zero attached hydrogens (tertiary/aromatic N) is 6. The quantitative estimate of drug-likeness (QED) is 0.651. The third-order valence-corrected chi connectivity index (χ3v) is 6.51. The molecular formula is C21H24FN7O2. The van der Waals surface area contributed by atoms with Gasteiger partial charge < -0.3 is 15.3 Å². The predicted molar refractivity (Wildman–Crippen MR) is 114 cm³/mol. The molecule has 2 N–H and O–H groups in total. The molecule has 2 aliphatic rings. The van der Waals surface area contributed by atoms with Gasteiger partial charge in [-0.25, -0.2) is 14.1 Å². The average molecular weight is 425 g/mol. The standard InChI is InChI=1S/C21H24FN7O2/c1-28(16-7-12-4-3-5-15(25-12)19(16)22)18-10-23-20(27-26-18)14-6-11-9-24-29(2)21(31)13(11)8-17(14)30/h6,8-10,12,15-16,19,25,30H,3-5,7H2,1-2H3/t12?,15?,16-,19+/m0/s1. The Morgan fingerprint density at radius 2 is 2.10 bits per heavy atom. The molecule has 0 aliphatic carbocycles. The van der Waals surface area contributed by atoms with Crippen molar-refractivity contribution < 1.29 is 9.50 Å². The van der Waals surface area contributed by atoms with E-state index >= 15 is 4.39 Å². The molecule has 3 aromatic rings. The van der Waals surface area contributed by atoms with Crippen molar-refractivity contribution in [2.45, 2.75) is 50.0 Å². The number of fused-ring (bicyclic) bond motifs is 3. The Labute approximate surface area is 177 Å². The van der Waals surface area contributed by atoms with E-state index in [1.165, 1.54) is 10.7 Å². The number of aromatic nitrogens is 5. The number of piperidine rings is 2. The Morgan fingerprint density at radius 3 is 2.87 bits per heavy atom. The van der Waals surface area contributed by atoms with E-state index in [0.29, 0.717) is 34.6 Å². The van der Waals surface area contributed by atoms with E-state index in [0.717, 1.165) is 19.3 Å². The second-order valence-corrected chi connectivity index (χ2v) is 8.43. The number of hydrogen-bond acceptors (Lipinski definition) is 8. The summed E-state index contributed by atoms with van der Waals surface area (Å²) in [6, 6.07) is 2.94. The summed E-state index contributed by atoms with van der Waals surface area (Å²) < 4.78 is 16.2. The molecule has 5 rings (SSSR count). The molecule has 31 heavy (non-hydrogen) atoms. The molecule has 2 fully saturated rings. The van der Waals surface area contributed by atoms with E-state index in [1.807, 2.05) is 11.9 Å². The fraction of sp³-hybridized carbons (Fsp3) is 0.476. The first-order valence-electron chi connectivity index (χ1n) is 10.4. The number of phenolic OH excluding ortho intramolecular Hbond substituents is 1. The Kier molecular flexibility index (Phi) is 4.81. The molecule has 4 heterocycles. The Bertz CT molecular complexity index is 1180. The summed E-state index contributed by atoms with van der Waals surface area (Å²) in [5.74, 6) is 0.581. The SMILES string of the molecule is CN(c1cnc(-c2cc3cnn(C)c(=O)c3cc2O)nn1)[C@H]1CC2CCCC(N2)[C@H]1F. The third kappa shape index (κ3) is 3.40. The number of aromatic hydroxyl groups is 1. The van der Waals surface area contributed by atoms with Gasteiger partial charge >= 0.3 is 0 Å². The molecule has 2 saturated heterocycles. The van der Waals surface area contributed by atoms with Gasteiger partial charge in [-0.05, 0) is 31.4 Å². The molecule has 2 bridgehead atoms. The zero-order valence-corrected chi connectivity index (χ0v) is 17.4. The molecule has 0 spiro atoms. The van der Waals surface area contributed by atoms with Gasteiger partial charge in [-0.1, -0.05) is 6.42 Å². The van der Waals surface area contributed by atoms with E-state index in [2.05, 4.69) is 25.6 Å². The highest BCUT2D eigenvalue weighted by atomic mass is 19.1. The summed E-state index contributed by atoms with van der Waals surface area (Å²) in [7, 11) is 3.37. The zero-order chi connectivity index (χ0) is 21.7. The van der Waals surface area contributed by atoms with Gasteiger partial charge in [-0.2, -0.15) is 5.10 Å². The maximum atomic E-state index is 15.0. The molecule has 4 atom stereocenters. The van der Waals surface area contributed by atoms with Crippen LogP contribution in [0.25, 0.3) is 22.2 Å². The number of nitrogens with one attached hydrogen (secondary N) is 1. The smallest absolute Gasteiger partial charge is 0.274 e. The maximum absolute atomic E-state index is 15.0. The highest BCUT2D eigenvalue weighted by Gasteiger charge is 2.42. The number of halogens is 1.